The van der Waals surface area contributed by atoms with Crippen LogP contribution in [0.4, 0.5) is 10.1 Å². The maximum Gasteiger partial charge on any atom is 0.264 e. The number of rotatable bonds is 10. The van der Waals surface area contributed by atoms with Crippen LogP contribution >= 0.6 is 0 Å². The molecule has 0 fully saturated rings. The molecule has 0 aliphatic heterocycles. The molecule has 0 aromatic heterocycles. The van der Waals surface area contributed by atoms with Crippen molar-refractivity contribution in [3.8, 4) is 0 Å². The number of aryl methyl sites for hydroxylation is 1. The van der Waals surface area contributed by atoms with Crippen molar-refractivity contribution in [1.29, 1.82) is 0 Å². The average Bonchev–Trinajstić information content (AvgIpc) is 2.90. The third-order valence-electron chi connectivity index (χ3n) is 5.92. The summed E-state index contributed by atoms with van der Waals surface area (Å²) in [6, 6.07) is 19.5. The minimum absolute atomic E-state index is 0.00168. The fourth-order valence-electron chi connectivity index (χ4n) is 3.72. The molecule has 3 rings (SSSR count). The number of hydrogen-bond acceptors (Lipinski definition) is 4. The Hall–Kier alpha value is -3.72. The highest BCUT2D eigenvalue weighted by molar-refractivity contribution is 7.92. The average molecular weight is 512 g/mol. The van der Waals surface area contributed by atoms with Gasteiger partial charge in [0.2, 0.25) is 11.8 Å². The number of nitrogens with zero attached hydrogens (tertiary/aromatic N) is 2. The van der Waals surface area contributed by atoms with E-state index in [1.807, 2.05) is 19.1 Å². The summed E-state index contributed by atoms with van der Waals surface area (Å²) in [5.74, 6) is -1.41. The van der Waals surface area contributed by atoms with Gasteiger partial charge in [0.1, 0.15) is 18.4 Å². The Balaban J connectivity index is 2.01. The van der Waals surface area contributed by atoms with E-state index in [0.29, 0.717) is 11.3 Å². The molecule has 0 unspecified atom stereocenters. The minimum atomic E-state index is -4.10. The molecule has 0 saturated carbocycles. The summed E-state index contributed by atoms with van der Waals surface area (Å²) in [5, 5.41) is 2.52. The molecule has 1 atom stereocenters. The molecule has 2 amide bonds. The van der Waals surface area contributed by atoms with Gasteiger partial charge in [-0.25, -0.2) is 12.8 Å². The van der Waals surface area contributed by atoms with Crippen LogP contribution < -0.4 is 9.62 Å². The van der Waals surface area contributed by atoms with E-state index in [1.54, 1.807) is 37.3 Å². The molecule has 36 heavy (non-hydrogen) atoms. The highest BCUT2D eigenvalue weighted by atomic mass is 32.2. The molecule has 0 bridgehead atoms. The van der Waals surface area contributed by atoms with Crippen molar-refractivity contribution in [3.05, 3.63) is 95.8 Å². The van der Waals surface area contributed by atoms with E-state index in [0.717, 1.165) is 16.3 Å². The molecule has 9 heteroatoms. The predicted octanol–water partition coefficient (Wildman–Crippen LogP) is 3.75. The number of hydrogen-bond donors (Lipinski definition) is 1. The van der Waals surface area contributed by atoms with Crippen molar-refractivity contribution in [2.45, 2.75) is 37.8 Å². The van der Waals surface area contributed by atoms with Crippen LogP contribution in [-0.4, -0.2) is 44.8 Å². The Morgan fingerprint density at radius 3 is 2.06 bits per heavy atom. The lowest BCUT2D eigenvalue weighted by molar-refractivity contribution is -0.139. The van der Waals surface area contributed by atoms with E-state index in [4.69, 9.17) is 0 Å². The van der Waals surface area contributed by atoms with Gasteiger partial charge >= 0.3 is 0 Å². The van der Waals surface area contributed by atoms with Gasteiger partial charge < -0.3 is 10.2 Å². The van der Waals surface area contributed by atoms with Crippen LogP contribution in [0.15, 0.2) is 83.8 Å². The summed E-state index contributed by atoms with van der Waals surface area (Å²) >= 11 is 0. The molecule has 0 heterocycles. The van der Waals surface area contributed by atoms with Gasteiger partial charge in [-0.2, -0.15) is 0 Å². The fourth-order valence-corrected chi connectivity index (χ4v) is 5.16. The van der Waals surface area contributed by atoms with Crippen LogP contribution in [0.25, 0.3) is 0 Å². The quantitative estimate of drug-likeness (QED) is 0.449. The second-order valence-corrected chi connectivity index (χ2v) is 10.1. The molecule has 7 nitrogen and oxygen atoms in total. The molecule has 0 aliphatic carbocycles. The molecule has 0 saturated heterocycles. The first-order valence-corrected chi connectivity index (χ1v) is 13.0. The van der Waals surface area contributed by atoms with Gasteiger partial charge in [0, 0.05) is 13.6 Å². The maximum atomic E-state index is 13.6. The summed E-state index contributed by atoms with van der Waals surface area (Å²) < 4.78 is 41.7. The summed E-state index contributed by atoms with van der Waals surface area (Å²) in [6.07, 6.45) is 0.778. The standard InChI is InChI=1S/C27H30FN3O4S/c1-4-21-12-16-24(17-13-21)31(36(34,35)25-8-6-5-7-9-25)19-26(32)30(20(2)27(33)29-3)18-22-10-14-23(28)15-11-22/h5-17,20H,4,18-19H2,1-3H3,(H,29,33)/t20-/m1/s1. The lowest BCUT2D eigenvalue weighted by atomic mass is 10.1. The molecule has 0 spiro atoms. The van der Waals surface area contributed by atoms with Crippen LogP contribution in [0, 0.1) is 5.82 Å². The lowest BCUT2D eigenvalue weighted by Gasteiger charge is -2.31. The summed E-state index contributed by atoms with van der Waals surface area (Å²) in [6.45, 7) is 3.03. The van der Waals surface area contributed by atoms with Crippen molar-refractivity contribution < 1.29 is 22.4 Å². The monoisotopic (exact) mass is 511 g/mol. The summed E-state index contributed by atoms with van der Waals surface area (Å²) in [4.78, 5) is 27.4. The zero-order valence-corrected chi connectivity index (χ0v) is 21.3. The molecule has 0 radical (unpaired) electrons. The zero-order chi connectivity index (χ0) is 26.3. The number of likely N-dealkylation sites (N-methyl/N-ethyl adjacent to an activating group) is 1. The van der Waals surface area contributed by atoms with Gasteiger partial charge in [0.15, 0.2) is 0 Å². The number of benzene rings is 3. The van der Waals surface area contributed by atoms with Crippen LogP contribution in [0.3, 0.4) is 0 Å². The highest BCUT2D eigenvalue weighted by Gasteiger charge is 2.32. The topological polar surface area (TPSA) is 86.8 Å². The van der Waals surface area contributed by atoms with Crippen LogP contribution in [0.2, 0.25) is 0 Å². The number of amides is 2. The Morgan fingerprint density at radius 1 is 0.917 bits per heavy atom. The number of carbonyl (C=O) groups is 2. The molecule has 0 aliphatic rings. The molecule has 3 aromatic rings. The smallest absolute Gasteiger partial charge is 0.264 e. The number of nitrogens with one attached hydrogen (secondary N) is 1. The fraction of sp³-hybridized carbons (Fsp3) is 0.259. The van der Waals surface area contributed by atoms with Gasteiger partial charge in [0.05, 0.1) is 10.6 Å². The van der Waals surface area contributed by atoms with Gasteiger partial charge in [0.25, 0.3) is 10.0 Å². The van der Waals surface area contributed by atoms with Crippen molar-refractivity contribution in [2.24, 2.45) is 0 Å². The zero-order valence-electron chi connectivity index (χ0n) is 20.5. The van der Waals surface area contributed by atoms with E-state index < -0.39 is 40.2 Å². The van der Waals surface area contributed by atoms with Gasteiger partial charge in [-0.3, -0.25) is 13.9 Å². The minimum Gasteiger partial charge on any atom is -0.357 e. The number of halogens is 1. The Bertz CT molecular complexity index is 1280. The Labute approximate surface area is 211 Å². The van der Waals surface area contributed by atoms with Crippen molar-refractivity contribution in [3.63, 3.8) is 0 Å². The molecular formula is C27H30FN3O4S. The molecule has 3 aromatic carbocycles. The van der Waals surface area contributed by atoms with E-state index in [2.05, 4.69) is 5.32 Å². The first-order valence-electron chi connectivity index (χ1n) is 11.6. The maximum absolute atomic E-state index is 13.6. The van der Waals surface area contributed by atoms with E-state index in [-0.39, 0.29) is 11.4 Å². The highest BCUT2D eigenvalue weighted by Crippen LogP contribution is 2.25. The van der Waals surface area contributed by atoms with Gasteiger partial charge in [-0.1, -0.05) is 49.4 Å². The third kappa shape index (κ3) is 6.28. The van der Waals surface area contributed by atoms with E-state index in [9.17, 15) is 22.4 Å². The Morgan fingerprint density at radius 2 is 1.50 bits per heavy atom. The second kappa shape index (κ2) is 11.8. The SMILES string of the molecule is CCc1ccc(N(CC(=O)N(Cc2ccc(F)cc2)[C@H](C)C(=O)NC)S(=O)(=O)c2ccccc2)cc1. The van der Waals surface area contributed by atoms with Gasteiger partial charge in [-0.15, -0.1) is 0 Å². The van der Waals surface area contributed by atoms with Crippen LogP contribution in [0.5, 0.6) is 0 Å². The summed E-state index contributed by atoms with van der Waals surface area (Å²) in [7, 11) is -2.64. The molecule has 1 N–H and O–H groups in total. The molecule has 190 valence electrons. The van der Waals surface area contributed by atoms with Crippen molar-refractivity contribution in [1.82, 2.24) is 10.2 Å². The number of sulfonamides is 1. The first kappa shape index (κ1) is 26.9. The number of anilines is 1. The molecular weight excluding hydrogens is 481 g/mol. The Kier molecular flexibility index (Phi) is 8.82. The predicted molar refractivity (Wildman–Crippen MR) is 137 cm³/mol. The van der Waals surface area contributed by atoms with E-state index >= 15 is 0 Å². The van der Waals surface area contributed by atoms with Crippen molar-refractivity contribution in [2.75, 3.05) is 17.9 Å². The number of carbonyl (C=O) groups excluding carboxylic acids is 2. The van der Waals surface area contributed by atoms with E-state index in [1.165, 1.54) is 48.3 Å². The first-order chi connectivity index (χ1) is 17.2. The third-order valence-corrected chi connectivity index (χ3v) is 7.71. The second-order valence-electron chi connectivity index (χ2n) is 8.28. The van der Waals surface area contributed by atoms with Gasteiger partial charge in [-0.05, 0) is 60.9 Å². The lowest BCUT2D eigenvalue weighted by Crippen LogP contribution is -2.50. The largest absolute Gasteiger partial charge is 0.357 e. The summed E-state index contributed by atoms with van der Waals surface area (Å²) in [5.41, 5.74) is 1.96. The van der Waals surface area contributed by atoms with Crippen molar-refractivity contribution >= 4 is 27.5 Å². The van der Waals surface area contributed by atoms with Crippen LogP contribution in [-0.2, 0) is 32.6 Å². The van der Waals surface area contributed by atoms with Crippen LogP contribution in [0.1, 0.15) is 25.0 Å². The normalized spacial score (nSPS) is 12.0.